The number of amides is 1. The van der Waals surface area contributed by atoms with Gasteiger partial charge in [-0.25, -0.2) is 8.42 Å². The number of rotatable bonds is 5. The van der Waals surface area contributed by atoms with Crippen LogP contribution in [-0.4, -0.2) is 67.9 Å². The Morgan fingerprint density at radius 2 is 1.68 bits per heavy atom. The van der Waals surface area contributed by atoms with Crippen LogP contribution in [0.3, 0.4) is 0 Å². The molecule has 1 amide bonds. The van der Waals surface area contributed by atoms with Gasteiger partial charge in [0.05, 0.1) is 4.90 Å². The Bertz CT molecular complexity index is 1340. The fourth-order valence-electron chi connectivity index (χ4n) is 4.90. The first-order valence-corrected chi connectivity index (χ1v) is 14.3. The molecule has 1 N–H and O–H groups in total. The quantitative estimate of drug-likeness (QED) is 0.535. The molecule has 3 aromatic rings. The topological polar surface area (TPSA) is 101 Å². The Labute approximate surface area is 223 Å². The number of nitrogens with zero attached hydrogens (tertiary/aromatic N) is 3. The Balaban J connectivity index is 1.40. The molecule has 1 fully saturated rings. The zero-order valence-corrected chi connectivity index (χ0v) is 22.0. The number of hydrogen-bond donors (Lipinski definition) is 1. The van der Waals surface area contributed by atoms with Gasteiger partial charge in [-0.05, 0) is 41.8 Å². The predicted molar refractivity (Wildman–Crippen MR) is 142 cm³/mol. The molecule has 200 valence electrons. The van der Waals surface area contributed by atoms with E-state index in [-0.39, 0.29) is 36.4 Å². The van der Waals surface area contributed by atoms with E-state index in [9.17, 15) is 13.2 Å². The molecule has 2 aliphatic heterocycles. The van der Waals surface area contributed by atoms with Crippen LogP contribution in [0.2, 0.25) is 0 Å². The van der Waals surface area contributed by atoms with Crippen LogP contribution in [0.5, 0.6) is 11.5 Å². The van der Waals surface area contributed by atoms with Crippen LogP contribution in [0.25, 0.3) is 0 Å². The smallest absolute Gasteiger partial charge is 0.243 e. The highest BCUT2D eigenvalue weighted by molar-refractivity contribution is 7.89. The van der Waals surface area contributed by atoms with Crippen LogP contribution in [0.4, 0.5) is 0 Å². The minimum Gasteiger partial charge on any atom is -0.486 e. The lowest BCUT2D eigenvalue weighted by molar-refractivity contribution is -0.122. The van der Waals surface area contributed by atoms with Crippen LogP contribution >= 0.6 is 0 Å². The minimum atomic E-state index is -3.81. The number of carbonyl (C=O) groups excluding carboxylic acids is 1. The lowest BCUT2D eigenvalue weighted by Crippen LogP contribution is -2.39. The average molecular weight is 537 g/mol. The summed E-state index contributed by atoms with van der Waals surface area (Å²) in [6.45, 7) is 2.78. The summed E-state index contributed by atoms with van der Waals surface area (Å²) < 4.78 is 39.9. The zero-order chi connectivity index (χ0) is 26.4. The Kier molecular flexibility index (Phi) is 8.21. The summed E-state index contributed by atoms with van der Waals surface area (Å²) in [7, 11) is -3.81. The standard InChI is InChI=1S/C28H32N4O5S/c33-28-20-25(23-5-2-1-3-6-23)31(21-22-9-11-29-12-10-22)14-4-15-32(16-13-30-28)38(34,35)24-7-8-26-27(19-24)37-18-17-36-26/h1-3,5-12,19,25H,4,13-18,20-21H2,(H,30,33). The Morgan fingerprint density at radius 3 is 2.47 bits per heavy atom. The highest BCUT2D eigenvalue weighted by Gasteiger charge is 2.29. The number of benzene rings is 2. The Morgan fingerprint density at radius 1 is 0.921 bits per heavy atom. The van der Waals surface area contributed by atoms with Crippen molar-refractivity contribution in [1.82, 2.24) is 19.5 Å². The zero-order valence-electron chi connectivity index (χ0n) is 21.2. The largest absolute Gasteiger partial charge is 0.486 e. The molecule has 1 atom stereocenters. The first kappa shape index (κ1) is 26.1. The van der Waals surface area contributed by atoms with Crippen LogP contribution < -0.4 is 14.8 Å². The molecule has 0 saturated carbocycles. The molecule has 2 aliphatic rings. The van der Waals surface area contributed by atoms with Crippen molar-refractivity contribution in [3.05, 3.63) is 84.2 Å². The van der Waals surface area contributed by atoms with E-state index in [0.29, 0.717) is 50.8 Å². The predicted octanol–water partition coefficient (Wildman–Crippen LogP) is 3.00. The summed E-state index contributed by atoms with van der Waals surface area (Å²) in [4.78, 5) is 19.6. The van der Waals surface area contributed by atoms with E-state index in [1.165, 1.54) is 10.4 Å². The summed E-state index contributed by atoms with van der Waals surface area (Å²) in [6.07, 6.45) is 4.40. The number of ether oxygens (including phenoxy) is 2. The van der Waals surface area contributed by atoms with Gasteiger partial charge < -0.3 is 14.8 Å². The number of hydrogen-bond acceptors (Lipinski definition) is 7. The van der Waals surface area contributed by atoms with E-state index in [2.05, 4.69) is 15.2 Å². The first-order valence-electron chi connectivity index (χ1n) is 12.8. The summed E-state index contributed by atoms with van der Waals surface area (Å²) in [5.41, 5.74) is 2.13. The molecule has 0 radical (unpaired) electrons. The van der Waals surface area contributed by atoms with Gasteiger partial charge in [0, 0.05) is 63.6 Å². The van der Waals surface area contributed by atoms with Gasteiger partial charge in [0.2, 0.25) is 15.9 Å². The fraction of sp³-hybridized carbons (Fsp3) is 0.357. The van der Waals surface area contributed by atoms with Crippen molar-refractivity contribution in [3.8, 4) is 11.5 Å². The van der Waals surface area contributed by atoms with Gasteiger partial charge in [0.15, 0.2) is 11.5 Å². The van der Waals surface area contributed by atoms with E-state index in [1.807, 2.05) is 42.5 Å². The first-order chi connectivity index (χ1) is 18.5. The molecule has 38 heavy (non-hydrogen) atoms. The number of sulfonamides is 1. The summed E-state index contributed by atoms with van der Waals surface area (Å²) >= 11 is 0. The summed E-state index contributed by atoms with van der Waals surface area (Å²) in [5, 5.41) is 2.94. The molecular weight excluding hydrogens is 504 g/mol. The van der Waals surface area contributed by atoms with E-state index >= 15 is 0 Å². The third-order valence-electron chi connectivity index (χ3n) is 6.83. The minimum absolute atomic E-state index is 0.114. The third kappa shape index (κ3) is 6.15. The molecule has 0 bridgehead atoms. The molecule has 3 heterocycles. The molecule has 0 spiro atoms. The van der Waals surface area contributed by atoms with E-state index < -0.39 is 10.0 Å². The highest BCUT2D eigenvalue weighted by atomic mass is 32.2. The monoisotopic (exact) mass is 536 g/mol. The van der Waals surface area contributed by atoms with Crippen molar-refractivity contribution in [2.24, 2.45) is 0 Å². The third-order valence-corrected chi connectivity index (χ3v) is 8.72. The van der Waals surface area contributed by atoms with Crippen molar-refractivity contribution in [2.45, 2.75) is 30.3 Å². The molecule has 1 unspecified atom stereocenters. The molecule has 1 saturated heterocycles. The normalized spacial score (nSPS) is 19.8. The van der Waals surface area contributed by atoms with E-state index in [1.54, 1.807) is 24.5 Å². The summed E-state index contributed by atoms with van der Waals surface area (Å²) in [6, 6.07) is 18.5. The van der Waals surface area contributed by atoms with Crippen LogP contribution in [-0.2, 0) is 21.4 Å². The number of aromatic nitrogens is 1. The maximum Gasteiger partial charge on any atom is 0.243 e. The molecule has 0 aliphatic carbocycles. The Hall–Kier alpha value is -3.47. The van der Waals surface area contributed by atoms with Crippen LogP contribution in [0.1, 0.15) is 30.0 Å². The van der Waals surface area contributed by atoms with Gasteiger partial charge in [-0.15, -0.1) is 0 Å². The lowest BCUT2D eigenvalue weighted by atomic mass is 10.0. The van der Waals surface area contributed by atoms with Crippen molar-refractivity contribution in [3.63, 3.8) is 0 Å². The van der Waals surface area contributed by atoms with Crippen molar-refractivity contribution >= 4 is 15.9 Å². The van der Waals surface area contributed by atoms with Gasteiger partial charge in [-0.3, -0.25) is 14.7 Å². The highest BCUT2D eigenvalue weighted by Crippen LogP contribution is 2.33. The van der Waals surface area contributed by atoms with Crippen LogP contribution in [0, 0.1) is 0 Å². The molecule has 5 rings (SSSR count). The second kappa shape index (κ2) is 11.9. The maximum absolute atomic E-state index is 13.7. The van der Waals surface area contributed by atoms with Gasteiger partial charge >= 0.3 is 0 Å². The van der Waals surface area contributed by atoms with E-state index in [0.717, 1.165) is 11.1 Å². The molecule has 9 nitrogen and oxygen atoms in total. The molecule has 2 aromatic carbocycles. The molecule has 1 aromatic heterocycles. The average Bonchev–Trinajstić information content (AvgIpc) is 2.98. The number of carbonyl (C=O) groups is 1. The fourth-order valence-corrected chi connectivity index (χ4v) is 6.40. The maximum atomic E-state index is 13.7. The number of fused-ring (bicyclic) bond motifs is 1. The number of nitrogens with one attached hydrogen (secondary N) is 1. The van der Waals surface area contributed by atoms with Crippen molar-refractivity contribution in [2.75, 3.05) is 39.4 Å². The second-order valence-electron chi connectivity index (χ2n) is 9.37. The van der Waals surface area contributed by atoms with Crippen molar-refractivity contribution in [1.29, 1.82) is 0 Å². The van der Waals surface area contributed by atoms with Gasteiger partial charge in [0.25, 0.3) is 0 Å². The lowest BCUT2D eigenvalue weighted by Gasteiger charge is -2.32. The van der Waals surface area contributed by atoms with Crippen molar-refractivity contribution < 1.29 is 22.7 Å². The SMILES string of the molecule is O=C1CC(c2ccccc2)N(Cc2ccncc2)CCCN(S(=O)(=O)c2ccc3c(c2)OCCO3)CCN1. The van der Waals surface area contributed by atoms with Crippen LogP contribution in [0.15, 0.2) is 78.0 Å². The van der Waals surface area contributed by atoms with Gasteiger partial charge in [-0.2, -0.15) is 4.31 Å². The molecular formula is C28H32N4O5S. The second-order valence-corrected chi connectivity index (χ2v) is 11.3. The summed E-state index contributed by atoms with van der Waals surface area (Å²) in [5.74, 6) is 0.855. The van der Waals surface area contributed by atoms with E-state index in [4.69, 9.17) is 9.47 Å². The van der Waals surface area contributed by atoms with Gasteiger partial charge in [0.1, 0.15) is 13.2 Å². The van der Waals surface area contributed by atoms with Gasteiger partial charge in [-0.1, -0.05) is 30.3 Å². The molecule has 10 heteroatoms. The number of pyridine rings is 1.